The summed E-state index contributed by atoms with van der Waals surface area (Å²) in [6.07, 6.45) is 0. The van der Waals surface area contributed by atoms with Gasteiger partial charge in [-0.2, -0.15) is 0 Å². The molecule has 1 aromatic heterocycles. The monoisotopic (exact) mass is 277 g/mol. The summed E-state index contributed by atoms with van der Waals surface area (Å²) in [5.41, 5.74) is 6.48. The van der Waals surface area contributed by atoms with E-state index < -0.39 is 5.82 Å². The van der Waals surface area contributed by atoms with Gasteiger partial charge in [0.25, 0.3) is 0 Å². The summed E-state index contributed by atoms with van der Waals surface area (Å²) in [7, 11) is 0. The highest BCUT2D eigenvalue weighted by atomic mass is 35.5. The lowest BCUT2D eigenvalue weighted by atomic mass is 10.1. The van der Waals surface area contributed by atoms with Gasteiger partial charge in [0.1, 0.15) is 11.5 Å². The van der Waals surface area contributed by atoms with Gasteiger partial charge in [-0.05, 0) is 23.7 Å². The standard InChI is InChI=1S/C9H6Cl2FN3S/c10-5-2-6(11)7(12)1-4(5)9-8(3-13)16-15-14-9/h1-2H,3,13H2. The van der Waals surface area contributed by atoms with Crippen LogP contribution in [0.1, 0.15) is 4.88 Å². The van der Waals surface area contributed by atoms with Crippen molar-refractivity contribution in [2.24, 2.45) is 5.73 Å². The van der Waals surface area contributed by atoms with E-state index in [2.05, 4.69) is 9.59 Å². The van der Waals surface area contributed by atoms with Crippen LogP contribution in [0.5, 0.6) is 0 Å². The first-order valence-corrected chi connectivity index (χ1v) is 5.82. The fraction of sp³-hybridized carbons (Fsp3) is 0.111. The minimum Gasteiger partial charge on any atom is -0.326 e. The van der Waals surface area contributed by atoms with Crippen LogP contribution in [-0.2, 0) is 6.54 Å². The molecule has 2 aromatic rings. The fourth-order valence-electron chi connectivity index (χ4n) is 1.25. The molecule has 2 rings (SSSR count). The number of hydrogen-bond acceptors (Lipinski definition) is 4. The maximum Gasteiger partial charge on any atom is 0.142 e. The van der Waals surface area contributed by atoms with Crippen molar-refractivity contribution in [1.29, 1.82) is 0 Å². The molecule has 1 aromatic carbocycles. The molecule has 0 aliphatic rings. The highest BCUT2D eigenvalue weighted by Crippen LogP contribution is 2.33. The van der Waals surface area contributed by atoms with E-state index in [1.54, 1.807) is 0 Å². The van der Waals surface area contributed by atoms with Crippen LogP contribution >= 0.6 is 34.7 Å². The van der Waals surface area contributed by atoms with Crippen LogP contribution in [0.4, 0.5) is 4.39 Å². The maximum absolute atomic E-state index is 13.3. The van der Waals surface area contributed by atoms with Gasteiger partial charge in [-0.15, -0.1) is 5.10 Å². The molecule has 0 spiro atoms. The van der Waals surface area contributed by atoms with Crippen molar-refractivity contribution in [2.45, 2.75) is 6.54 Å². The molecule has 7 heteroatoms. The highest BCUT2D eigenvalue weighted by molar-refractivity contribution is 7.06. The van der Waals surface area contributed by atoms with E-state index in [1.807, 2.05) is 0 Å². The Bertz CT molecular complexity index is 529. The van der Waals surface area contributed by atoms with Gasteiger partial charge in [-0.3, -0.25) is 0 Å². The SMILES string of the molecule is NCc1snnc1-c1cc(F)c(Cl)cc1Cl. The summed E-state index contributed by atoms with van der Waals surface area (Å²) in [6.45, 7) is 0.285. The average Bonchev–Trinajstić information content (AvgIpc) is 2.71. The van der Waals surface area contributed by atoms with E-state index >= 15 is 0 Å². The number of aromatic nitrogens is 2. The van der Waals surface area contributed by atoms with Gasteiger partial charge in [0.2, 0.25) is 0 Å². The van der Waals surface area contributed by atoms with Gasteiger partial charge in [0.15, 0.2) is 0 Å². The maximum atomic E-state index is 13.3. The normalized spacial score (nSPS) is 10.8. The largest absolute Gasteiger partial charge is 0.326 e. The van der Waals surface area contributed by atoms with Gasteiger partial charge in [-0.1, -0.05) is 27.7 Å². The molecule has 0 saturated heterocycles. The summed E-state index contributed by atoms with van der Waals surface area (Å²) in [5, 5.41) is 4.19. The van der Waals surface area contributed by atoms with E-state index in [-0.39, 0.29) is 11.6 Å². The predicted molar refractivity (Wildman–Crippen MR) is 63.2 cm³/mol. The summed E-state index contributed by atoms with van der Waals surface area (Å²) in [6, 6.07) is 2.58. The molecule has 0 saturated carbocycles. The molecule has 16 heavy (non-hydrogen) atoms. The lowest BCUT2D eigenvalue weighted by molar-refractivity contribution is 0.628. The summed E-state index contributed by atoms with van der Waals surface area (Å²) in [5.74, 6) is -0.544. The van der Waals surface area contributed by atoms with Crippen LogP contribution in [0, 0.1) is 5.82 Å². The fourth-order valence-corrected chi connectivity index (χ4v) is 2.26. The molecule has 0 bridgehead atoms. The Morgan fingerprint density at radius 1 is 1.31 bits per heavy atom. The Kier molecular flexibility index (Phi) is 3.39. The molecule has 2 N–H and O–H groups in total. The van der Waals surface area contributed by atoms with Crippen molar-refractivity contribution in [2.75, 3.05) is 0 Å². The molecule has 84 valence electrons. The third-order valence-electron chi connectivity index (χ3n) is 2.01. The molecular formula is C9H6Cl2FN3S. The molecule has 0 aliphatic heterocycles. The average molecular weight is 278 g/mol. The van der Waals surface area contributed by atoms with Crippen molar-refractivity contribution >= 4 is 34.7 Å². The number of halogens is 3. The predicted octanol–water partition coefficient (Wildman–Crippen LogP) is 3.11. The second-order valence-corrected chi connectivity index (χ2v) is 4.65. The van der Waals surface area contributed by atoms with Crippen LogP contribution in [0.2, 0.25) is 10.0 Å². The zero-order valence-electron chi connectivity index (χ0n) is 7.88. The quantitative estimate of drug-likeness (QED) is 0.859. The van der Waals surface area contributed by atoms with Gasteiger partial charge in [0, 0.05) is 12.1 Å². The van der Waals surface area contributed by atoms with E-state index in [0.717, 1.165) is 16.4 Å². The van der Waals surface area contributed by atoms with Crippen LogP contribution in [0.15, 0.2) is 12.1 Å². The lowest BCUT2D eigenvalue weighted by Gasteiger charge is -2.04. The van der Waals surface area contributed by atoms with Crippen molar-refractivity contribution in [1.82, 2.24) is 9.59 Å². The minimum atomic E-state index is -0.544. The van der Waals surface area contributed by atoms with E-state index in [4.69, 9.17) is 28.9 Å². The molecule has 3 nitrogen and oxygen atoms in total. The molecule has 1 heterocycles. The Balaban J connectivity index is 2.60. The van der Waals surface area contributed by atoms with Crippen LogP contribution in [0.3, 0.4) is 0 Å². The zero-order chi connectivity index (χ0) is 11.7. The van der Waals surface area contributed by atoms with Crippen molar-refractivity contribution in [3.05, 3.63) is 32.9 Å². The van der Waals surface area contributed by atoms with E-state index in [9.17, 15) is 4.39 Å². The molecule has 0 aliphatic carbocycles. The topological polar surface area (TPSA) is 51.8 Å². The third-order valence-corrected chi connectivity index (χ3v) is 3.35. The van der Waals surface area contributed by atoms with Crippen molar-refractivity contribution in [3.8, 4) is 11.3 Å². The van der Waals surface area contributed by atoms with Gasteiger partial charge < -0.3 is 5.73 Å². The molecular weight excluding hydrogens is 272 g/mol. The van der Waals surface area contributed by atoms with Crippen LogP contribution in [0.25, 0.3) is 11.3 Å². The zero-order valence-corrected chi connectivity index (χ0v) is 10.2. The Morgan fingerprint density at radius 3 is 2.75 bits per heavy atom. The smallest absolute Gasteiger partial charge is 0.142 e. The molecule has 0 unspecified atom stereocenters. The number of nitrogens with two attached hydrogens (primary N) is 1. The lowest BCUT2D eigenvalue weighted by Crippen LogP contribution is -1.96. The van der Waals surface area contributed by atoms with E-state index in [1.165, 1.54) is 12.1 Å². The van der Waals surface area contributed by atoms with Gasteiger partial charge in [-0.25, -0.2) is 4.39 Å². The number of nitrogens with zero attached hydrogens (tertiary/aromatic N) is 2. The Morgan fingerprint density at radius 2 is 2.06 bits per heavy atom. The minimum absolute atomic E-state index is 0.0220. The second kappa shape index (κ2) is 4.63. The number of hydrogen-bond donors (Lipinski definition) is 1. The van der Waals surface area contributed by atoms with Crippen molar-refractivity contribution in [3.63, 3.8) is 0 Å². The first kappa shape index (κ1) is 11.7. The second-order valence-electron chi connectivity index (χ2n) is 3.00. The Labute approximate surface area is 105 Å². The van der Waals surface area contributed by atoms with Crippen molar-refractivity contribution < 1.29 is 4.39 Å². The summed E-state index contributed by atoms with van der Waals surface area (Å²) in [4.78, 5) is 0.753. The molecule has 0 atom stereocenters. The summed E-state index contributed by atoms with van der Waals surface area (Å²) >= 11 is 12.7. The molecule has 0 amide bonds. The van der Waals surface area contributed by atoms with Crippen LogP contribution in [-0.4, -0.2) is 9.59 Å². The Hall–Kier alpha value is -0.750. The van der Waals surface area contributed by atoms with Gasteiger partial charge in [0.05, 0.1) is 14.9 Å². The van der Waals surface area contributed by atoms with Crippen LogP contribution < -0.4 is 5.73 Å². The first-order chi connectivity index (χ1) is 7.63. The third kappa shape index (κ3) is 2.04. The number of rotatable bonds is 2. The van der Waals surface area contributed by atoms with E-state index in [0.29, 0.717) is 16.3 Å². The molecule has 0 fully saturated rings. The van der Waals surface area contributed by atoms with Gasteiger partial charge >= 0.3 is 0 Å². The molecule has 0 radical (unpaired) electrons. The highest BCUT2D eigenvalue weighted by Gasteiger charge is 2.15. The first-order valence-electron chi connectivity index (χ1n) is 4.29. The number of benzene rings is 1. The summed E-state index contributed by atoms with van der Waals surface area (Å²) < 4.78 is 17.1.